The summed E-state index contributed by atoms with van der Waals surface area (Å²) in [5, 5.41) is 0.646. The largest absolute Gasteiger partial charge is 0.398 e. The molecule has 3 heteroatoms. The molecule has 0 spiro atoms. The van der Waals surface area contributed by atoms with Gasteiger partial charge < -0.3 is 10.6 Å². The van der Waals surface area contributed by atoms with E-state index in [1.165, 1.54) is 11.3 Å². The summed E-state index contributed by atoms with van der Waals surface area (Å²) >= 11 is 6.15. The molecule has 0 atom stereocenters. The molecule has 0 aliphatic rings. The number of hydrogen-bond acceptors (Lipinski definition) is 2. The van der Waals surface area contributed by atoms with Crippen LogP contribution in [0.25, 0.3) is 0 Å². The molecule has 1 aromatic rings. The number of halogens is 1. The van der Waals surface area contributed by atoms with Gasteiger partial charge in [-0.25, -0.2) is 0 Å². The fourth-order valence-corrected chi connectivity index (χ4v) is 2.34. The Balaban J connectivity index is 3.07. The Morgan fingerprint density at radius 3 is 2.06 bits per heavy atom. The number of benzene rings is 1. The van der Waals surface area contributed by atoms with Crippen molar-refractivity contribution in [3.63, 3.8) is 0 Å². The Morgan fingerprint density at radius 2 is 1.61 bits per heavy atom. The number of nitrogens with two attached hydrogens (primary N) is 1. The van der Waals surface area contributed by atoms with Crippen molar-refractivity contribution in [3.8, 4) is 0 Å². The van der Waals surface area contributed by atoms with Gasteiger partial charge in [-0.2, -0.15) is 0 Å². The van der Waals surface area contributed by atoms with Crippen LogP contribution >= 0.6 is 11.6 Å². The molecule has 0 amide bonds. The fraction of sp³-hybridized carbons (Fsp3) is 0.600. The highest BCUT2D eigenvalue weighted by Gasteiger charge is 2.14. The topological polar surface area (TPSA) is 29.3 Å². The van der Waals surface area contributed by atoms with Gasteiger partial charge in [-0.1, -0.05) is 39.3 Å². The lowest BCUT2D eigenvalue weighted by Crippen LogP contribution is -2.31. The molecule has 1 aromatic carbocycles. The van der Waals surface area contributed by atoms with Crippen LogP contribution in [0.3, 0.4) is 0 Å². The zero-order chi connectivity index (χ0) is 13.9. The minimum Gasteiger partial charge on any atom is -0.398 e. The Hall–Kier alpha value is -0.890. The van der Waals surface area contributed by atoms with Crippen LogP contribution in [0.1, 0.15) is 33.3 Å². The van der Waals surface area contributed by atoms with E-state index in [2.05, 4.69) is 39.5 Å². The van der Waals surface area contributed by atoms with E-state index in [0.717, 1.165) is 13.1 Å². The summed E-state index contributed by atoms with van der Waals surface area (Å²) in [6, 6.07) is 3.96. The van der Waals surface area contributed by atoms with Crippen molar-refractivity contribution in [1.82, 2.24) is 0 Å². The third kappa shape index (κ3) is 4.09. The summed E-state index contributed by atoms with van der Waals surface area (Å²) in [5.74, 6) is 1.25. The number of anilines is 2. The van der Waals surface area contributed by atoms with Crippen molar-refractivity contribution in [2.45, 2.75) is 34.6 Å². The van der Waals surface area contributed by atoms with Crippen LogP contribution in [-0.4, -0.2) is 13.1 Å². The van der Waals surface area contributed by atoms with Gasteiger partial charge >= 0.3 is 0 Å². The average Bonchev–Trinajstić information content (AvgIpc) is 2.21. The van der Waals surface area contributed by atoms with E-state index in [1.54, 1.807) is 0 Å². The van der Waals surface area contributed by atoms with Gasteiger partial charge in [0.1, 0.15) is 0 Å². The van der Waals surface area contributed by atoms with Gasteiger partial charge in [0.15, 0.2) is 0 Å². The van der Waals surface area contributed by atoms with E-state index in [9.17, 15) is 0 Å². The zero-order valence-electron chi connectivity index (χ0n) is 12.1. The number of nitrogen functional groups attached to an aromatic ring is 1. The second-order valence-electron chi connectivity index (χ2n) is 5.85. The van der Waals surface area contributed by atoms with Gasteiger partial charge in [0, 0.05) is 18.8 Å². The highest BCUT2D eigenvalue weighted by molar-refractivity contribution is 6.33. The van der Waals surface area contributed by atoms with E-state index in [4.69, 9.17) is 17.3 Å². The van der Waals surface area contributed by atoms with Gasteiger partial charge in [0.05, 0.1) is 10.7 Å². The van der Waals surface area contributed by atoms with E-state index < -0.39 is 0 Å². The molecule has 18 heavy (non-hydrogen) atoms. The molecule has 0 aromatic heterocycles. The lowest BCUT2D eigenvalue weighted by atomic mass is 10.1. The molecule has 2 nitrogen and oxygen atoms in total. The standard InChI is InChI=1S/C15H25ClN2/c1-10(2)8-18(9-11(3)4)15-7-13(16)14(17)6-12(15)5/h6-7,10-11H,8-9,17H2,1-5H3. The Bertz CT molecular complexity index is 390. The van der Waals surface area contributed by atoms with E-state index in [1.807, 2.05) is 12.1 Å². The molecular weight excluding hydrogens is 244 g/mol. The van der Waals surface area contributed by atoms with Crippen LogP contribution in [0.2, 0.25) is 5.02 Å². The predicted octanol–water partition coefficient (Wildman–Crippen LogP) is 4.35. The van der Waals surface area contributed by atoms with E-state index in [0.29, 0.717) is 22.5 Å². The lowest BCUT2D eigenvalue weighted by Gasteiger charge is -2.30. The summed E-state index contributed by atoms with van der Waals surface area (Å²) in [4.78, 5) is 2.41. The van der Waals surface area contributed by atoms with Crippen molar-refractivity contribution in [2.75, 3.05) is 23.7 Å². The van der Waals surface area contributed by atoms with Crippen LogP contribution in [0.5, 0.6) is 0 Å². The van der Waals surface area contributed by atoms with Crippen LogP contribution in [-0.2, 0) is 0 Å². The normalized spacial score (nSPS) is 11.3. The predicted molar refractivity (Wildman–Crippen MR) is 82.5 cm³/mol. The van der Waals surface area contributed by atoms with Gasteiger partial charge in [0.2, 0.25) is 0 Å². The second-order valence-corrected chi connectivity index (χ2v) is 6.26. The molecule has 0 heterocycles. The number of hydrogen-bond donors (Lipinski definition) is 1. The van der Waals surface area contributed by atoms with Crippen molar-refractivity contribution >= 4 is 23.0 Å². The highest BCUT2D eigenvalue weighted by atomic mass is 35.5. The van der Waals surface area contributed by atoms with Crippen LogP contribution in [0.15, 0.2) is 12.1 Å². The Labute approximate surface area is 116 Å². The number of nitrogens with zero attached hydrogens (tertiary/aromatic N) is 1. The maximum atomic E-state index is 6.15. The Morgan fingerprint density at radius 1 is 1.11 bits per heavy atom. The molecule has 0 fully saturated rings. The molecule has 0 bridgehead atoms. The summed E-state index contributed by atoms with van der Waals surface area (Å²) in [6.45, 7) is 13.1. The average molecular weight is 269 g/mol. The third-order valence-corrected chi connectivity index (χ3v) is 3.15. The summed E-state index contributed by atoms with van der Waals surface area (Å²) in [5.41, 5.74) is 8.90. The van der Waals surface area contributed by atoms with Crippen LogP contribution in [0.4, 0.5) is 11.4 Å². The van der Waals surface area contributed by atoms with Gasteiger partial charge in [0.25, 0.3) is 0 Å². The highest BCUT2D eigenvalue weighted by Crippen LogP contribution is 2.30. The first-order chi connectivity index (χ1) is 8.31. The number of aryl methyl sites for hydroxylation is 1. The molecule has 0 unspecified atom stereocenters. The first-order valence-electron chi connectivity index (χ1n) is 6.61. The lowest BCUT2D eigenvalue weighted by molar-refractivity contribution is 0.552. The second kappa shape index (κ2) is 6.33. The third-order valence-electron chi connectivity index (χ3n) is 2.83. The summed E-state index contributed by atoms with van der Waals surface area (Å²) < 4.78 is 0. The maximum Gasteiger partial charge on any atom is 0.0656 e. The molecule has 0 saturated carbocycles. The molecule has 0 aliphatic carbocycles. The molecule has 0 aliphatic heterocycles. The molecule has 0 radical (unpaired) electrons. The number of rotatable bonds is 5. The van der Waals surface area contributed by atoms with E-state index >= 15 is 0 Å². The van der Waals surface area contributed by atoms with Crippen molar-refractivity contribution in [2.24, 2.45) is 11.8 Å². The quantitative estimate of drug-likeness (QED) is 0.805. The molecule has 1 rings (SSSR count). The molecule has 102 valence electrons. The van der Waals surface area contributed by atoms with Crippen LogP contribution < -0.4 is 10.6 Å². The molecular formula is C15H25ClN2. The van der Waals surface area contributed by atoms with Crippen molar-refractivity contribution in [1.29, 1.82) is 0 Å². The Kier molecular flexibility index (Phi) is 5.33. The summed E-state index contributed by atoms with van der Waals surface area (Å²) in [7, 11) is 0. The zero-order valence-corrected chi connectivity index (χ0v) is 12.9. The monoisotopic (exact) mass is 268 g/mol. The maximum absolute atomic E-state index is 6.15. The van der Waals surface area contributed by atoms with Gasteiger partial charge in [-0.15, -0.1) is 0 Å². The first-order valence-corrected chi connectivity index (χ1v) is 6.99. The summed E-state index contributed by atoms with van der Waals surface area (Å²) in [6.07, 6.45) is 0. The minimum absolute atomic E-state index is 0.625. The SMILES string of the molecule is Cc1cc(N)c(Cl)cc1N(CC(C)C)CC(C)C. The van der Waals surface area contributed by atoms with Crippen LogP contribution in [0, 0.1) is 18.8 Å². The van der Waals surface area contributed by atoms with Gasteiger partial charge in [-0.05, 0) is 36.5 Å². The van der Waals surface area contributed by atoms with Crippen molar-refractivity contribution < 1.29 is 0 Å². The van der Waals surface area contributed by atoms with E-state index in [-0.39, 0.29) is 0 Å². The first kappa shape index (κ1) is 15.2. The molecule has 0 saturated heterocycles. The van der Waals surface area contributed by atoms with Gasteiger partial charge in [-0.3, -0.25) is 0 Å². The fourth-order valence-electron chi connectivity index (χ4n) is 2.19. The smallest absolute Gasteiger partial charge is 0.0656 e. The minimum atomic E-state index is 0.625. The molecule has 2 N–H and O–H groups in total. The van der Waals surface area contributed by atoms with Crippen molar-refractivity contribution in [3.05, 3.63) is 22.7 Å².